The first-order chi connectivity index (χ1) is 6.13. The lowest BCUT2D eigenvalue weighted by Crippen LogP contribution is -2.00. The highest BCUT2D eigenvalue weighted by molar-refractivity contribution is 5.86. The fraction of sp³-hybridized carbons (Fsp3) is 0.300. The second kappa shape index (κ2) is 6.17. The van der Waals surface area contributed by atoms with Gasteiger partial charge >= 0.3 is 5.97 Å². The van der Waals surface area contributed by atoms with Crippen molar-refractivity contribution < 1.29 is 14.3 Å². The quantitative estimate of drug-likeness (QED) is 0.527. The van der Waals surface area contributed by atoms with Crippen molar-refractivity contribution in [2.24, 2.45) is 0 Å². The van der Waals surface area contributed by atoms with E-state index in [0.717, 1.165) is 0 Å². The molecule has 0 aliphatic carbocycles. The lowest BCUT2D eigenvalue weighted by molar-refractivity contribution is -0.132. The van der Waals surface area contributed by atoms with Gasteiger partial charge in [-0.15, -0.1) is 6.58 Å². The maximum atomic E-state index is 11.7. The summed E-state index contributed by atoms with van der Waals surface area (Å²) in [5.41, 5.74) is 0.939. The molecule has 0 unspecified atom stereocenters. The summed E-state index contributed by atoms with van der Waals surface area (Å²) in [6.07, 6.45) is 4.10. The number of rotatable bonds is 5. The molecule has 0 aliphatic rings. The van der Waals surface area contributed by atoms with Crippen LogP contribution >= 0.6 is 0 Å². The fourth-order valence-corrected chi connectivity index (χ4v) is 0.902. The van der Waals surface area contributed by atoms with Crippen LogP contribution in [0, 0.1) is 0 Å². The van der Waals surface area contributed by atoms with Crippen molar-refractivity contribution in [3.63, 3.8) is 0 Å². The number of carbonyl (C=O) groups is 1. The van der Waals surface area contributed by atoms with Gasteiger partial charge < -0.3 is 5.11 Å². The summed E-state index contributed by atoms with van der Waals surface area (Å²) in [5, 5.41) is 8.67. The van der Waals surface area contributed by atoms with Gasteiger partial charge in [0.25, 0.3) is 0 Å². The number of hydrogen-bond acceptors (Lipinski definition) is 1. The molecular formula is C10H13FO2. The molecule has 0 saturated heterocycles. The fourth-order valence-electron chi connectivity index (χ4n) is 0.902. The van der Waals surface area contributed by atoms with Crippen molar-refractivity contribution in [3.05, 3.63) is 36.2 Å². The van der Waals surface area contributed by atoms with Gasteiger partial charge in [0.2, 0.25) is 0 Å². The van der Waals surface area contributed by atoms with Crippen molar-refractivity contribution in [2.75, 3.05) is 0 Å². The van der Waals surface area contributed by atoms with E-state index in [2.05, 4.69) is 6.58 Å². The first-order valence-corrected chi connectivity index (χ1v) is 3.91. The Hall–Kier alpha value is -1.38. The number of carboxylic acid groups (broad SMARTS) is 1. The minimum atomic E-state index is -0.968. The Morgan fingerprint density at radius 1 is 1.54 bits per heavy atom. The summed E-state index contributed by atoms with van der Waals surface area (Å²) in [6.45, 7) is 5.01. The van der Waals surface area contributed by atoms with Crippen molar-refractivity contribution in [2.45, 2.75) is 19.8 Å². The zero-order valence-corrected chi connectivity index (χ0v) is 7.59. The monoisotopic (exact) mass is 184 g/mol. The van der Waals surface area contributed by atoms with Crippen LogP contribution < -0.4 is 0 Å². The van der Waals surface area contributed by atoms with Gasteiger partial charge in [-0.25, -0.2) is 9.18 Å². The van der Waals surface area contributed by atoms with Crippen LogP contribution in [0.25, 0.3) is 0 Å². The number of aliphatic carboxylic acids is 1. The van der Waals surface area contributed by atoms with Gasteiger partial charge in [0.15, 0.2) is 0 Å². The van der Waals surface area contributed by atoms with E-state index in [0.29, 0.717) is 24.7 Å². The summed E-state index contributed by atoms with van der Waals surface area (Å²) in [6, 6.07) is 0. The van der Waals surface area contributed by atoms with Gasteiger partial charge in [-0.1, -0.05) is 17.7 Å². The first kappa shape index (κ1) is 11.6. The largest absolute Gasteiger partial charge is 0.478 e. The van der Waals surface area contributed by atoms with Crippen molar-refractivity contribution >= 4 is 5.97 Å². The van der Waals surface area contributed by atoms with E-state index >= 15 is 0 Å². The molecule has 0 spiro atoms. The Morgan fingerprint density at radius 2 is 2.15 bits per heavy atom. The molecule has 0 aliphatic heterocycles. The third-order valence-electron chi connectivity index (χ3n) is 1.70. The highest BCUT2D eigenvalue weighted by atomic mass is 19.1. The second-order valence-corrected chi connectivity index (χ2v) is 2.59. The number of hydrogen-bond donors (Lipinski definition) is 1. The van der Waals surface area contributed by atoms with Gasteiger partial charge in [-0.3, -0.25) is 0 Å². The van der Waals surface area contributed by atoms with E-state index < -0.39 is 5.97 Å². The van der Waals surface area contributed by atoms with Crippen molar-refractivity contribution in [1.82, 2.24) is 0 Å². The Balaban J connectivity index is 4.64. The topological polar surface area (TPSA) is 37.3 Å². The smallest absolute Gasteiger partial charge is 0.331 e. The lowest BCUT2D eigenvalue weighted by atomic mass is 10.0. The summed E-state index contributed by atoms with van der Waals surface area (Å²) in [7, 11) is 0. The number of allylic oxidation sites excluding steroid dienone is 3. The molecule has 0 amide bonds. The highest BCUT2D eigenvalue weighted by Crippen LogP contribution is 2.14. The van der Waals surface area contributed by atoms with Crippen LogP contribution in [0.1, 0.15) is 19.8 Å². The predicted molar refractivity (Wildman–Crippen MR) is 50.0 cm³/mol. The molecular weight excluding hydrogens is 171 g/mol. The first-order valence-electron chi connectivity index (χ1n) is 3.91. The van der Waals surface area contributed by atoms with Crippen LogP contribution in [0.5, 0.6) is 0 Å². The van der Waals surface area contributed by atoms with Gasteiger partial charge in [-0.05, 0) is 19.8 Å². The molecule has 0 aromatic carbocycles. The predicted octanol–water partition coefficient (Wildman–Crippen LogP) is 2.84. The van der Waals surface area contributed by atoms with Gasteiger partial charge in [0.1, 0.15) is 0 Å². The van der Waals surface area contributed by atoms with Crippen LogP contribution in [-0.2, 0) is 4.79 Å². The van der Waals surface area contributed by atoms with Crippen LogP contribution in [0.15, 0.2) is 36.2 Å². The van der Waals surface area contributed by atoms with E-state index in [-0.39, 0.29) is 5.57 Å². The SMILES string of the molecule is C=CCC(CC=CF)=C(C)C(=O)O. The molecule has 0 rings (SSSR count). The molecule has 0 aromatic heterocycles. The van der Waals surface area contributed by atoms with Crippen molar-refractivity contribution in [1.29, 1.82) is 0 Å². The minimum absolute atomic E-state index is 0.262. The molecule has 0 radical (unpaired) electrons. The second-order valence-electron chi connectivity index (χ2n) is 2.59. The summed E-state index contributed by atoms with van der Waals surface area (Å²) in [5.74, 6) is -0.968. The Labute approximate surface area is 77.1 Å². The average Bonchev–Trinajstić information content (AvgIpc) is 2.11. The zero-order valence-electron chi connectivity index (χ0n) is 7.59. The average molecular weight is 184 g/mol. The zero-order chi connectivity index (χ0) is 10.3. The Bertz CT molecular complexity index is 252. The molecule has 3 heteroatoms. The normalized spacial score (nSPS) is 12.8. The van der Waals surface area contributed by atoms with Crippen LogP contribution in [0.2, 0.25) is 0 Å². The van der Waals surface area contributed by atoms with E-state index in [1.54, 1.807) is 6.08 Å². The Kier molecular flexibility index (Phi) is 5.52. The summed E-state index contributed by atoms with van der Waals surface area (Å²) in [4.78, 5) is 10.6. The molecule has 0 heterocycles. The van der Waals surface area contributed by atoms with Crippen molar-refractivity contribution in [3.8, 4) is 0 Å². The van der Waals surface area contributed by atoms with Crippen LogP contribution in [-0.4, -0.2) is 11.1 Å². The van der Waals surface area contributed by atoms with Gasteiger partial charge in [0, 0.05) is 5.57 Å². The molecule has 0 atom stereocenters. The molecule has 0 bridgehead atoms. The van der Waals surface area contributed by atoms with E-state index in [9.17, 15) is 9.18 Å². The lowest BCUT2D eigenvalue weighted by Gasteiger charge is -2.03. The van der Waals surface area contributed by atoms with Crippen LogP contribution in [0.4, 0.5) is 4.39 Å². The summed E-state index contributed by atoms with van der Waals surface area (Å²) < 4.78 is 11.7. The van der Waals surface area contributed by atoms with E-state index in [1.807, 2.05) is 0 Å². The maximum absolute atomic E-state index is 11.7. The number of halogens is 1. The number of carboxylic acids is 1. The summed E-state index contributed by atoms with van der Waals surface area (Å²) >= 11 is 0. The maximum Gasteiger partial charge on any atom is 0.331 e. The van der Waals surface area contributed by atoms with Gasteiger partial charge in [-0.2, -0.15) is 0 Å². The molecule has 0 saturated carbocycles. The van der Waals surface area contributed by atoms with Gasteiger partial charge in [0.05, 0.1) is 6.33 Å². The molecule has 2 nitrogen and oxygen atoms in total. The standard InChI is InChI=1S/C10H13FO2/c1-3-5-9(6-4-7-11)8(2)10(12)13/h3-4,7H,1,5-6H2,2H3,(H,12,13). The Morgan fingerprint density at radius 3 is 2.54 bits per heavy atom. The molecule has 0 fully saturated rings. The van der Waals surface area contributed by atoms with Crippen LogP contribution in [0.3, 0.4) is 0 Å². The van der Waals surface area contributed by atoms with E-state index in [4.69, 9.17) is 5.11 Å². The minimum Gasteiger partial charge on any atom is -0.478 e. The molecule has 13 heavy (non-hydrogen) atoms. The molecule has 72 valence electrons. The molecule has 0 aromatic rings. The molecule has 1 N–H and O–H groups in total. The highest BCUT2D eigenvalue weighted by Gasteiger charge is 2.06. The third-order valence-corrected chi connectivity index (χ3v) is 1.70. The van der Waals surface area contributed by atoms with E-state index in [1.165, 1.54) is 13.0 Å². The third kappa shape index (κ3) is 4.25.